The molecule has 0 radical (unpaired) electrons. The molecule has 3 aromatic rings. The van der Waals surface area contributed by atoms with Gasteiger partial charge >= 0.3 is 5.97 Å². The number of rotatable bonds is 3. The van der Waals surface area contributed by atoms with E-state index in [2.05, 4.69) is 0 Å². The van der Waals surface area contributed by atoms with Crippen molar-refractivity contribution < 1.29 is 27.5 Å². The number of benzene rings is 2. The summed E-state index contributed by atoms with van der Waals surface area (Å²) >= 11 is 0. The molecule has 0 bridgehead atoms. The summed E-state index contributed by atoms with van der Waals surface area (Å²) in [5.41, 5.74) is -2.45. The summed E-state index contributed by atoms with van der Waals surface area (Å²) in [5.74, 6) is -9.67. The zero-order chi connectivity index (χ0) is 19.0. The second-order valence-corrected chi connectivity index (χ2v) is 5.27. The Balaban J connectivity index is 2.44. The van der Waals surface area contributed by atoms with Gasteiger partial charge in [-0.3, -0.25) is 4.79 Å². The molecule has 1 aromatic heterocycles. The lowest BCUT2D eigenvalue weighted by atomic mass is 10.1. The molecule has 1 N–H and O–H groups in total. The van der Waals surface area contributed by atoms with Crippen molar-refractivity contribution in [1.82, 2.24) is 4.57 Å². The highest BCUT2D eigenvalue weighted by molar-refractivity contribution is 5.93. The summed E-state index contributed by atoms with van der Waals surface area (Å²) in [7, 11) is 0. The Bertz CT molecular complexity index is 1120. The lowest BCUT2D eigenvalue weighted by Crippen LogP contribution is -2.18. The highest BCUT2D eigenvalue weighted by Crippen LogP contribution is 2.26. The van der Waals surface area contributed by atoms with Crippen LogP contribution in [0.2, 0.25) is 0 Å². The van der Waals surface area contributed by atoms with Crippen molar-refractivity contribution >= 4 is 29.1 Å². The summed E-state index contributed by atoms with van der Waals surface area (Å²) in [4.78, 5) is 23.4. The third kappa shape index (κ3) is 2.75. The van der Waals surface area contributed by atoms with Crippen molar-refractivity contribution in [3.05, 3.63) is 81.1 Å². The smallest absolute Gasteiger partial charge is 0.353 e. The first-order valence-electron chi connectivity index (χ1n) is 7.20. The molecule has 0 saturated heterocycles. The number of hydrogen-bond donors (Lipinski definition) is 1. The standard InChI is InChI=1S/C18H9F4NO3/c19-13-12-11(24)8-10(18(25)26)23(7-6-9-4-2-1-3-5-9)17(12)16(22)15(21)14(13)20/h1-8H,(H,25,26). The molecule has 1 heterocycles. The molecule has 0 aliphatic heterocycles. The third-order valence-electron chi connectivity index (χ3n) is 3.69. The Kier molecular flexibility index (Phi) is 4.33. The highest BCUT2D eigenvalue weighted by Gasteiger charge is 2.26. The molecule has 0 fully saturated rings. The molecule has 132 valence electrons. The van der Waals surface area contributed by atoms with Crippen molar-refractivity contribution in [1.29, 1.82) is 0 Å². The van der Waals surface area contributed by atoms with Crippen molar-refractivity contribution in [3.8, 4) is 0 Å². The van der Waals surface area contributed by atoms with Gasteiger partial charge in [0.05, 0.1) is 10.9 Å². The minimum atomic E-state index is -2.14. The van der Waals surface area contributed by atoms with Gasteiger partial charge in [-0.25, -0.2) is 22.4 Å². The Hall–Kier alpha value is -3.42. The summed E-state index contributed by atoms with van der Waals surface area (Å²) in [6, 6.07) is 8.87. The molecule has 0 unspecified atom stereocenters. The van der Waals surface area contributed by atoms with Gasteiger partial charge in [0, 0.05) is 12.3 Å². The van der Waals surface area contributed by atoms with Crippen molar-refractivity contribution in [3.63, 3.8) is 0 Å². The van der Waals surface area contributed by atoms with E-state index in [1.54, 1.807) is 30.3 Å². The van der Waals surface area contributed by atoms with Crippen molar-refractivity contribution in [2.75, 3.05) is 0 Å². The number of hydrogen-bond acceptors (Lipinski definition) is 2. The van der Waals surface area contributed by atoms with E-state index in [1.807, 2.05) is 0 Å². The number of aromatic nitrogens is 1. The number of pyridine rings is 1. The monoisotopic (exact) mass is 363 g/mol. The van der Waals surface area contributed by atoms with Crippen LogP contribution < -0.4 is 5.43 Å². The first kappa shape index (κ1) is 17.4. The molecular formula is C18H9F4NO3. The van der Waals surface area contributed by atoms with Gasteiger partial charge in [-0.1, -0.05) is 30.3 Å². The SMILES string of the molecule is O=C(O)c1cc(=O)c2c(F)c(F)c(F)c(F)c2n1C=Cc1ccccc1. The maximum absolute atomic E-state index is 14.3. The predicted octanol–water partition coefficient (Wildman–Crippen LogP) is 3.88. The van der Waals surface area contributed by atoms with Gasteiger partial charge in [0.15, 0.2) is 28.7 Å². The van der Waals surface area contributed by atoms with Crippen LogP contribution in [0.15, 0.2) is 41.2 Å². The molecule has 26 heavy (non-hydrogen) atoms. The zero-order valence-electron chi connectivity index (χ0n) is 12.8. The van der Waals surface area contributed by atoms with E-state index >= 15 is 0 Å². The molecule has 0 amide bonds. The van der Waals surface area contributed by atoms with Gasteiger partial charge in [0.1, 0.15) is 5.69 Å². The quantitative estimate of drug-likeness (QED) is 0.436. The molecular weight excluding hydrogens is 354 g/mol. The van der Waals surface area contributed by atoms with Crippen LogP contribution in [-0.4, -0.2) is 15.6 Å². The summed E-state index contributed by atoms with van der Waals surface area (Å²) in [5, 5.41) is 8.17. The van der Waals surface area contributed by atoms with E-state index in [0.717, 1.165) is 6.20 Å². The first-order valence-corrected chi connectivity index (χ1v) is 7.20. The van der Waals surface area contributed by atoms with E-state index in [1.165, 1.54) is 6.08 Å². The lowest BCUT2D eigenvalue weighted by molar-refractivity contribution is 0.0688. The number of carboxylic acid groups (broad SMARTS) is 1. The van der Waals surface area contributed by atoms with Crippen LogP contribution in [0.4, 0.5) is 17.6 Å². The minimum absolute atomic E-state index is 0.514. The number of carbonyl (C=O) groups is 1. The number of aromatic carboxylic acids is 1. The predicted molar refractivity (Wildman–Crippen MR) is 86.7 cm³/mol. The number of fused-ring (bicyclic) bond motifs is 1. The second-order valence-electron chi connectivity index (χ2n) is 5.27. The van der Waals surface area contributed by atoms with Gasteiger partial charge in [-0.05, 0) is 11.6 Å². The normalized spacial score (nSPS) is 11.4. The number of nitrogens with zero attached hydrogens (tertiary/aromatic N) is 1. The van der Waals surface area contributed by atoms with Crippen LogP contribution >= 0.6 is 0 Å². The molecule has 4 nitrogen and oxygen atoms in total. The molecule has 0 spiro atoms. The van der Waals surface area contributed by atoms with Gasteiger partial charge in [-0.15, -0.1) is 0 Å². The van der Waals surface area contributed by atoms with Crippen LogP contribution in [0.25, 0.3) is 23.2 Å². The minimum Gasteiger partial charge on any atom is -0.477 e. The second kappa shape index (κ2) is 6.47. The summed E-state index contributed by atoms with van der Waals surface area (Å²) in [6.45, 7) is 0. The fourth-order valence-corrected chi connectivity index (χ4v) is 2.50. The summed E-state index contributed by atoms with van der Waals surface area (Å²) in [6.07, 6.45) is 2.37. The van der Waals surface area contributed by atoms with E-state index in [9.17, 15) is 32.3 Å². The maximum atomic E-state index is 14.3. The molecule has 3 rings (SSSR count). The first-order chi connectivity index (χ1) is 12.3. The lowest BCUT2D eigenvalue weighted by Gasteiger charge is -2.12. The zero-order valence-corrected chi connectivity index (χ0v) is 12.8. The maximum Gasteiger partial charge on any atom is 0.353 e. The molecule has 2 aromatic carbocycles. The number of carboxylic acids is 1. The molecule has 0 aliphatic rings. The van der Waals surface area contributed by atoms with E-state index < -0.39 is 51.3 Å². The number of halogens is 4. The topological polar surface area (TPSA) is 59.3 Å². The van der Waals surface area contributed by atoms with Crippen LogP contribution in [-0.2, 0) is 0 Å². The van der Waals surface area contributed by atoms with Crippen molar-refractivity contribution in [2.45, 2.75) is 0 Å². The van der Waals surface area contributed by atoms with Gasteiger partial charge in [0.25, 0.3) is 0 Å². The van der Waals surface area contributed by atoms with Crippen LogP contribution in [0.5, 0.6) is 0 Å². The molecule has 0 saturated carbocycles. The highest BCUT2D eigenvalue weighted by atomic mass is 19.2. The fraction of sp³-hybridized carbons (Fsp3) is 0. The van der Waals surface area contributed by atoms with Crippen LogP contribution in [0, 0.1) is 23.3 Å². The fourth-order valence-electron chi connectivity index (χ4n) is 2.50. The Morgan fingerprint density at radius 3 is 2.19 bits per heavy atom. The van der Waals surface area contributed by atoms with Gasteiger partial charge < -0.3 is 9.67 Å². The molecule has 0 aliphatic carbocycles. The third-order valence-corrected chi connectivity index (χ3v) is 3.69. The van der Waals surface area contributed by atoms with E-state index in [-0.39, 0.29) is 0 Å². The van der Waals surface area contributed by atoms with E-state index in [4.69, 9.17) is 0 Å². The average molecular weight is 363 g/mol. The Morgan fingerprint density at radius 1 is 0.962 bits per heavy atom. The van der Waals surface area contributed by atoms with E-state index in [0.29, 0.717) is 16.2 Å². The summed E-state index contributed by atoms with van der Waals surface area (Å²) < 4.78 is 56.0. The van der Waals surface area contributed by atoms with Crippen molar-refractivity contribution in [2.24, 2.45) is 0 Å². The van der Waals surface area contributed by atoms with Gasteiger partial charge in [0.2, 0.25) is 0 Å². The Labute approximate surface area is 143 Å². The molecule has 0 atom stereocenters. The van der Waals surface area contributed by atoms with Crippen LogP contribution in [0.3, 0.4) is 0 Å². The molecule has 8 heteroatoms. The largest absolute Gasteiger partial charge is 0.477 e. The van der Waals surface area contributed by atoms with Crippen LogP contribution in [0.1, 0.15) is 16.1 Å². The van der Waals surface area contributed by atoms with Gasteiger partial charge in [-0.2, -0.15) is 0 Å². The average Bonchev–Trinajstić information content (AvgIpc) is 2.63. The Morgan fingerprint density at radius 2 is 1.58 bits per heavy atom.